The van der Waals surface area contributed by atoms with Gasteiger partial charge in [0, 0.05) is 19.0 Å². The lowest BCUT2D eigenvalue weighted by molar-refractivity contribution is -0.126. The van der Waals surface area contributed by atoms with Crippen molar-refractivity contribution in [2.45, 2.75) is 39.2 Å². The quantitative estimate of drug-likeness (QED) is 0.614. The molecule has 1 saturated heterocycles. The van der Waals surface area contributed by atoms with Gasteiger partial charge in [0.2, 0.25) is 11.8 Å². The Kier molecular flexibility index (Phi) is 5.97. The summed E-state index contributed by atoms with van der Waals surface area (Å²) in [4.78, 5) is 22.9. The highest BCUT2D eigenvalue weighted by Crippen LogP contribution is 2.02. The summed E-state index contributed by atoms with van der Waals surface area (Å²) in [5.74, 6) is 0.370. The second-order valence-electron chi connectivity index (χ2n) is 4.97. The monoisotopic (exact) mass is 241 g/mol. The molecule has 0 radical (unpaired) electrons. The van der Waals surface area contributed by atoms with Gasteiger partial charge in [-0.2, -0.15) is 0 Å². The molecule has 98 valence electrons. The summed E-state index contributed by atoms with van der Waals surface area (Å²) < 4.78 is 0. The maximum Gasteiger partial charge on any atom is 0.239 e. The highest BCUT2D eigenvalue weighted by atomic mass is 16.2. The number of rotatable bonds is 6. The van der Waals surface area contributed by atoms with Crippen molar-refractivity contribution < 1.29 is 9.59 Å². The molecule has 1 fully saturated rings. The van der Waals surface area contributed by atoms with E-state index in [2.05, 4.69) is 29.8 Å². The largest absolute Gasteiger partial charge is 0.351 e. The van der Waals surface area contributed by atoms with Crippen LogP contribution in [0.3, 0.4) is 0 Å². The van der Waals surface area contributed by atoms with E-state index in [0.29, 0.717) is 12.3 Å². The number of amides is 2. The van der Waals surface area contributed by atoms with Crippen LogP contribution < -0.4 is 16.0 Å². The van der Waals surface area contributed by atoms with Crippen LogP contribution in [0.4, 0.5) is 0 Å². The molecule has 1 atom stereocenters. The summed E-state index contributed by atoms with van der Waals surface area (Å²) in [6, 6.07) is 0.218. The van der Waals surface area contributed by atoms with Crippen LogP contribution in [0.1, 0.15) is 33.1 Å². The fourth-order valence-corrected chi connectivity index (χ4v) is 1.74. The van der Waals surface area contributed by atoms with Crippen LogP contribution >= 0.6 is 0 Å². The van der Waals surface area contributed by atoms with Gasteiger partial charge in [0.05, 0.1) is 6.54 Å². The second kappa shape index (κ2) is 7.27. The number of nitrogens with one attached hydrogen (secondary N) is 3. The average molecular weight is 241 g/mol. The zero-order valence-electron chi connectivity index (χ0n) is 10.7. The molecular weight excluding hydrogens is 218 g/mol. The Morgan fingerprint density at radius 3 is 2.71 bits per heavy atom. The summed E-state index contributed by atoms with van der Waals surface area (Å²) in [5.41, 5.74) is 0. The molecule has 1 aliphatic heterocycles. The van der Waals surface area contributed by atoms with Crippen LogP contribution in [0.15, 0.2) is 0 Å². The van der Waals surface area contributed by atoms with E-state index < -0.39 is 0 Å². The minimum atomic E-state index is -0.100. The Labute approximate surface area is 103 Å². The van der Waals surface area contributed by atoms with Crippen LogP contribution in [0, 0.1) is 5.92 Å². The van der Waals surface area contributed by atoms with E-state index in [9.17, 15) is 9.59 Å². The zero-order chi connectivity index (χ0) is 12.7. The second-order valence-corrected chi connectivity index (χ2v) is 4.97. The minimum Gasteiger partial charge on any atom is -0.351 e. The van der Waals surface area contributed by atoms with E-state index in [1.165, 1.54) is 0 Å². The van der Waals surface area contributed by atoms with Crippen molar-refractivity contribution in [1.29, 1.82) is 0 Å². The van der Waals surface area contributed by atoms with Crippen molar-refractivity contribution in [3.05, 3.63) is 0 Å². The fraction of sp³-hybridized carbons (Fsp3) is 0.833. The molecule has 0 aliphatic carbocycles. The number of hydrogen-bond acceptors (Lipinski definition) is 3. The topological polar surface area (TPSA) is 70.2 Å². The van der Waals surface area contributed by atoms with Crippen molar-refractivity contribution in [3.63, 3.8) is 0 Å². The van der Waals surface area contributed by atoms with Gasteiger partial charge in [-0.1, -0.05) is 13.8 Å². The molecule has 1 rings (SSSR count). The smallest absolute Gasteiger partial charge is 0.239 e. The Balaban J connectivity index is 2.08. The molecular formula is C12H23N3O2. The van der Waals surface area contributed by atoms with Crippen LogP contribution in [-0.2, 0) is 9.59 Å². The molecule has 1 heterocycles. The molecule has 0 aromatic heterocycles. The maximum atomic E-state index is 11.5. The first-order valence-corrected chi connectivity index (χ1v) is 6.34. The van der Waals surface area contributed by atoms with Crippen LogP contribution in [0.5, 0.6) is 0 Å². The van der Waals surface area contributed by atoms with Crippen molar-refractivity contribution >= 4 is 11.8 Å². The van der Waals surface area contributed by atoms with Crippen LogP contribution in [0.25, 0.3) is 0 Å². The highest BCUT2D eigenvalue weighted by molar-refractivity contribution is 5.84. The first-order chi connectivity index (χ1) is 8.08. The van der Waals surface area contributed by atoms with E-state index in [4.69, 9.17) is 0 Å². The highest BCUT2D eigenvalue weighted by Gasteiger charge is 2.16. The molecule has 5 heteroatoms. The lowest BCUT2D eigenvalue weighted by Gasteiger charge is -2.12. The van der Waals surface area contributed by atoms with Gasteiger partial charge in [0.25, 0.3) is 0 Å². The molecule has 0 bridgehead atoms. The SMILES string of the molecule is CC(C)CCC(=O)NCC(=O)NC1CCNC1. The summed E-state index contributed by atoms with van der Waals surface area (Å²) in [5, 5.41) is 8.70. The lowest BCUT2D eigenvalue weighted by Crippen LogP contribution is -2.42. The molecule has 1 aliphatic rings. The van der Waals surface area contributed by atoms with Gasteiger partial charge in [-0.15, -0.1) is 0 Å². The standard InChI is InChI=1S/C12H23N3O2/c1-9(2)3-4-11(16)14-8-12(17)15-10-5-6-13-7-10/h9-10,13H,3-8H2,1-2H3,(H,14,16)(H,15,17). The summed E-state index contributed by atoms with van der Waals surface area (Å²) in [6.45, 7) is 6.02. The predicted molar refractivity (Wildman–Crippen MR) is 66.5 cm³/mol. The molecule has 1 unspecified atom stereocenters. The van der Waals surface area contributed by atoms with Crippen molar-refractivity contribution in [2.24, 2.45) is 5.92 Å². The van der Waals surface area contributed by atoms with E-state index in [1.54, 1.807) is 0 Å². The predicted octanol–water partition coefficient (Wildman–Crippen LogP) is 0.0169. The number of hydrogen-bond donors (Lipinski definition) is 3. The third kappa shape index (κ3) is 6.26. The Morgan fingerprint density at radius 1 is 1.35 bits per heavy atom. The number of carbonyl (C=O) groups is 2. The van der Waals surface area contributed by atoms with Crippen molar-refractivity contribution in [3.8, 4) is 0 Å². The van der Waals surface area contributed by atoms with Gasteiger partial charge in [-0.05, 0) is 25.3 Å². The minimum absolute atomic E-state index is 0.0432. The Hall–Kier alpha value is -1.10. The van der Waals surface area contributed by atoms with Gasteiger partial charge < -0.3 is 16.0 Å². The third-order valence-electron chi connectivity index (χ3n) is 2.82. The Morgan fingerprint density at radius 2 is 2.12 bits per heavy atom. The van der Waals surface area contributed by atoms with Crippen LogP contribution in [-0.4, -0.2) is 37.5 Å². The number of carbonyl (C=O) groups excluding carboxylic acids is 2. The average Bonchev–Trinajstić information content (AvgIpc) is 2.76. The zero-order valence-corrected chi connectivity index (χ0v) is 10.7. The molecule has 0 aromatic rings. The first kappa shape index (κ1) is 14.0. The Bertz CT molecular complexity index is 260. The van der Waals surface area contributed by atoms with E-state index >= 15 is 0 Å². The van der Waals surface area contributed by atoms with E-state index in [1.807, 2.05) is 0 Å². The molecule has 3 N–H and O–H groups in total. The molecule has 2 amide bonds. The molecule has 5 nitrogen and oxygen atoms in total. The van der Waals surface area contributed by atoms with Gasteiger partial charge >= 0.3 is 0 Å². The summed E-state index contributed by atoms with van der Waals surface area (Å²) in [6.07, 6.45) is 2.32. The summed E-state index contributed by atoms with van der Waals surface area (Å²) >= 11 is 0. The lowest BCUT2D eigenvalue weighted by atomic mass is 10.1. The van der Waals surface area contributed by atoms with Gasteiger partial charge in [0.15, 0.2) is 0 Å². The maximum absolute atomic E-state index is 11.5. The van der Waals surface area contributed by atoms with E-state index in [0.717, 1.165) is 25.9 Å². The molecule has 0 aromatic carbocycles. The molecule has 0 spiro atoms. The van der Waals surface area contributed by atoms with Crippen molar-refractivity contribution in [2.75, 3.05) is 19.6 Å². The third-order valence-corrected chi connectivity index (χ3v) is 2.82. The van der Waals surface area contributed by atoms with Gasteiger partial charge in [-0.25, -0.2) is 0 Å². The normalized spacial score (nSPS) is 19.4. The van der Waals surface area contributed by atoms with Crippen LogP contribution in [0.2, 0.25) is 0 Å². The molecule has 17 heavy (non-hydrogen) atoms. The first-order valence-electron chi connectivity index (χ1n) is 6.34. The van der Waals surface area contributed by atoms with Crippen molar-refractivity contribution in [1.82, 2.24) is 16.0 Å². The van der Waals surface area contributed by atoms with Gasteiger partial charge in [0.1, 0.15) is 0 Å². The van der Waals surface area contributed by atoms with E-state index in [-0.39, 0.29) is 24.4 Å². The molecule has 0 saturated carbocycles. The fourth-order valence-electron chi connectivity index (χ4n) is 1.74. The van der Waals surface area contributed by atoms with Gasteiger partial charge in [-0.3, -0.25) is 9.59 Å². The summed E-state index contributed by atoms with van der Waals surface area (Å²) in [7, 11) is 0.